The van der Waals surface area contributed by atoms with Gasteiger partial charge in [-0.3, -0.25) is 9.59 Å². The Hall–Kier alpha value is -2.55. The summed E-state index contributed by atoms with van der Waals surface area (Å²) in [6.45, 7) is 0. The third-order valence-electron chi connectivity index (χ3n) is 3.11. The molecule has 3 rings (SSSR count). The second kappa shape index (κ2) is 4.28. The molecule has 0 radical (unpaired) electrons. The Balaban J connectivity index is 2.13. The number of allylic oxidation sites excluding steroid dienone is 1. The van der Waals surface area contributed by atoms with E-state index in [0.717, 1.165) is 0 Å². The first kappa shape index (κ1) is 11.5. The lowest BCUT2D eigenvalue weighted by atomic mass is 10.1. The van der Waals surface area contributed by atoms with Crippen LogP contribution in [0.5, 0.6) is 0 Å². The van der Waals surface area contributed by atoms with Crippen molar-refractivity contribution in [1.29, 1.82) is 0 Å². The molecule has 1 aliphatic rings. The normalized spacial score (nSPS) is 13.6. The summed E-state index contributed by atoms with van der Waals surface area (Å²) in [5, 5.41) is 0. The molecule has 2 aromatic carbocycles. The zero-order valence-electron chi connectivity index (χ0n) is 9.89. The minimum Gasteiger partial charge on any atom is -0.288 e. The van der Waals surface area contributed by atoms with Crippen LogP contribution < -0.4 is 0 Å². The summed E-state index contributed by atoms with van der Waals surface area (Å²) in [6, 6.07) is 12.7. The monoisotopic (exact) mass is 252 g/mol. The molecule has 0 aliphatic heterocycles. The Bertz CT molecular complexity index is 692. The van der Waals surface area contributed by atoms with E-state index in [0.29, 0.717) is 11.1 Å². The minimum absolute atomic E-state index is 0.0197. The highest BCUT2D eigenvalue weighted by Crippen LogP contribution is 2.27. The number of Topliss-reactive ketones (excluding diaryl/α,β-unsaturated/α-hetero) is 2. The van der Waals surface area contributed by atoms with Crippen molar-refractivity contribution in [3.05, 3.63) is 76.6 Å². The topological polar surface area (TPSA) is 34.1 Å². The van der Waals surface area contributed by atoms with Crippen LogP contribution in [-0.2, 0) is 0 Å². The number of carbonyl (C=O) groups is 2. The molecule has 0 heterocycles. The smallest absolute Gasteiger partial charge is 0.197 e. The number of hydrogen-bond acceptors (Lipinski definition) is 2. The van der Waals surface area contributed by atoms with Crippen molar-refractivity contribution in [2.24, 2.45) is 0 Å². The largest absolute Gasteiger partial charge is 0.288 e. The van der Waals surface area contributed by atoms with Gasteiger partial charge < -0.3 is 0 Å². The Morgan fingerprint density at radius 3 is 1.89 bits per heavy atom. The first-order valence-corrected chi connectivity index (χ1v) is 5.83. The van der Waals surface area contributed by atoms with E-state index in [9.17, 15) is 14.0 Å². The molecule has 0 fully saturated rings. The molecule has 0 N–H and O–H groups in total. The quantitative estimate of drug-likeness (QED) is 0.576. The first-order valence-electron chi connectivity index (χ1n) is 5.83. The predicted octanol–water partition coefficient (Wildman–Crippen LogP) is 3.29. The van der Waals surface area contributed by atoms with Crippen molar-refractivity contribution in [3.8, 4) is 0 Å². The summed E-state index contributed by atoms with van der Waals surface area (Å²) in [5.41, 5.74) is 1.03. The van der Waals surface area contributed by atoms with Gasteiger partial charge in [-0.15, -0.1) is 0 Å². The number of carbonyl (C=O) groups excluding carboxylic acids is 2. The molecule has 1 aliphatic carbocycles. The van der Waals surface area contributed by atoms with Crippen molar-refractivity contribution >= 4 is 17.6 Å². The van der Waals surface area contributed by atoms with Crippen molar-refractivity contribution in [3.63, 3.8) is 0 Å². The van der Waals surface area contributed by atoms with Gasteiger partial charge in [0.2, 0.25) is 0 Å². The van der Waals surface area contributed by atoms with Crippen LogP contribution in [-0.4, -0.2) is 11.6 Å². The van der Waals surface area contributed by atoms with E-state index in [2.05, 4.69) is 0 Å². The van der Waals surface area contributed by atoms with E-state index in [4.69, 9.17) is 0 Å². The fraction of sp³-hybridized carbons (Fsp3) is 0. The average molecular weight is 252 g/mol. The maximum absolute atomic E-state index is 13.6. The van der Waals surface area contributed by atoms with Crippen LogP contribution in [0.3, 0.4) is 0 Å². The Kier molecular flexibility index (Phi) is 2.60. The van der Waals surface area contributed by atoms with Gasteiger partial charge in [-0.25, -0.2) is 4.39 Å². The number of halogens is 1. The van der Waals surface area contributed by atoms with Crippen LogP contribution in [0.4, 0.5) is 4.39 Å². The maximum atomic E-state index is 13.6. The van der Waals surface area contributed by atoms with Gasteiger partial charge in [-0.05, 0) is 12.1 Å². The summed E-state index contributed by atoms with van der Waals surface area (Å²) in [6.07, 6.45) is 1.32. The van der Waals surface area contributed by atoms with Crippen LogP contribution in [0.2, 0.25) is 0 Å². The van der Waals surface area contributed by atoms with Crippen molar-refractivity contribution < 1.29 is 14.0 Å². The molecule has 19 heavy (non-hydrogen) atoms. The second-order valence-electron chi connectivity index (χ2n) is 4.28. The van der Waals surface area contributed by atoms with E-state index in [-0.39, 0.29) is 22.7 Å². The van der Waals surface area contributed by atoms with Gasteiger partial charge in [0.25, 0.3) is 0 Å². The van der Waals surface area contributed by atoms with Gasteiger partial charge in [0.05, 0.1) is 5.57 Å². The van der Waals surface area contributed by atoms with E-state index < -0.39 is 5.82 Å². The highest BCUT2D eigenvalue weighted by molar-refractivity contribution is 6.41. The maximum Gasteiger partial charge on any atom is 0.197 e. The Morgan fingerprint density at radius 2 is 1.32 bits per heavy atom. The fourth-order valence-electron chi connectivity index (χ4n) is 2.15. The van der Waals surface area contributed by atoms with Crippen LogP contribution in [0, 0.1) is 5.82 Å². The molecular weight excluding hydrogens is 243 g/mol. The number of fused-ring (bicyclic) bond motifs is 1. The molecule has 0 spiro atoms. The van der Waals surface area contributed by atoms with E-state index in [1.165, 1.54) is 18.2 Å². The van der Waals surface area contributed by atoms with Crippen molar-refractivity contribution in [2.45, 2.75) is 0 Å². The molecule has 0 bridgehead atoms. The zero-order chi connectivity index (χ0) is 13.4. The molecule has 92 valence electrons. The molecule has 0 atom stereocenters. The lowest BCUT2D eigenvalue weighted by Gasteiger charge is -1.97. The molecule has 2 aromatic rings. The molecular formula is C16H9FO2. The van der Waals surface area contributed by atoms with Crippen LogP contribution >= 0.6 is 0 Å². The summed E-state index contributed by atoms with van der Waals surface area (Å²) in [5.74, 6) is -1.14. The van der Waals surface area contributed by atoms with Crippen LogP contribution in [0.25, 0.3) is 6.08 Å². The molecule has 0 unspecified atom stereocenters. The highest BCUT2D eigenvalue weighted by Gasteiger charge is 2.32. The fourth-order valence-corrected chi connectivity index (χ4v) is 2.15. The number of benzene rings is 2. The summed E-state index contributed by atoms with van der Waals surface area (Å²) < 4.78 is 13.6. The predicted molar refractivity (Wildman–Crippen MR) is 69.5 cm³/mol. The van der Waals surface area contributed by atoms with Gasteiger partial charge >= 0.3 is 0 Å². The molecule has 0 saturated carbocycles. The second-order valence-corrected chi connectivity index (χ2v) is 4.28. The van der Waals surface area contributed by atoms with Crippen LogP contribution in [0.15, 0.2) is 54.1 Å². The molecule has 0 aromatic heterocycles. The summed E-state index contributed by atoms with van der Waals surface area (Å²) in [7, 11) is 0. The van der Waals surface area contributed by atoms with E-state index >= 15 is 0 Å². The first-order chi connectivity index (χ1) is 9.18. The van der Waals surface area contributed by atoms with Crippen molar-refractivity contribution in [1.82, 2.24) is 0 Å². The van der Waals surface area contributed by atoms with Gasteiger partial charge in [-0.2, -0.15) is 0 Å². The summed E-state index contributed by atoms with van der Waals surface area (Å²) in [4.78, 5) is 24.2. The molecule has 0 saturated heterocycles. The number of rotatable bonds is 1. The van der Waals surface area contributed by atoms with E-state index in [1.54, 1.807) is 36.4 Å². The minimum atomic E-state index is -0.452. The SMILES string of the molecule is O=C1C(=Cc2ccccc2F)C(=O)c2ccccc21. The third-order valence-corrected chi connectivity index (χ3v) is 3.11. The molecule has 0 amide bonds. The van der Waals surface area contributed by atoms with Gasteiger partial charge in [0, 0.05) is 16.7 Å². The Labute approximate surface area is 109 Å². The zero-order valence-corrected chi connectivity index (χ0v) is 9.89. The third kappa shape index (κ3) is 1.80. The summed E-state index contributed by atoms with van der Waals surface area (Å²) >= 11 is 0. The number of hydrogen-bond donors (Lipinski definition) is 0. The van der Waals surface area contributed by atoms with Gasteiger partial charge in [0.15, 0.2) is 11.6 Å². The molecule has 2 nitrogen and oxygen atoms in total. The van der Waals surface area contributed by atoms with Gasteiger partial charge in [-0.1, -0.05) is 42.5 Å². The lowest BCUT2D eigenvalue weighted by molar-refractivity contribution is 0.0990. The standard InChI is InChI=1S/C16H9FO2/c17-14-8-4-1-5-10(14)9-13-15(18)11-6-2-3-7-12(11)16(13)19/h1-9H. The highest BCUT2D eigenvalue weighted by atomic mass is 19.1. The lowest BCUT2D eigenvalue weighted by Crippen LogP contribution is -2.00. The Morgan fingerprint density at radius 1 is 0.789 bits per heavy atom. The average Bonchev–Trinajstić information content (AvgIpc) is 2.67. The number of ketones is 2. The van der Waals surface area contributed by atoms with Gasteiger partial charge in [0.1, 0.15) is 5.82 Å². The van der Waals surface area contributed by atoms with Crippen molar-refractivity contribution in [2.75, 3.05) is 0 Å². The molecule has 3 heteroatoms. The van der Waals surface area contributed by atoms with Crippen LogP contribution in [0.1, 0.15) is 26.3 Å². The van der Waals surface area contributed by atoms with E-state index in [1.807, 2.05) is 0 Å².